The van der Waals surface area contributed by atoms with E-state index < -0.39 is 10.0 Å². The molecule has 1 atom stereocenters. The van der Waals surface area contributed by atoms with Crippen molar-refractivity contribution >= 4 is 38.9 Å². The van der Waals surface area contributed by atoms with Crippen LogP contribution in [0.2, 0.25) is 5.02 Å². The topological polar surface area (TPSA) is 69.7 Å². The van der Waals surface area contributed by atoms with Crippen molar-refractivity contribution in [2.45, 2.75) is 31.6 Å². The van der Waals surface area contributed by atoms with Gasteiger partial charge in [0.1, 0.15) is 0 Å². The van der Waals surface area contributed by atoms with E-state index in [0.29, 0.717) is 36.9 Å². The Morgan fingerprint density at radius 3 is 2.43 bits per heavy atom. The van der Waals surface area contributed by atoms with E-state index in [9.17, 15) is 13.2 Å². The van der Waals surface area contributed by atoms with Gasteiger partial charge < -0.3 is 10.2 Å². The molecule has 1 N–H and O–H groups in total. The van der Waals surface area contributed by atoms with Crippen LogP contribution in [0.4, 0.5) is 11.4 Å². The zero-order chi connectivity index (χ0) is 21.6. The highest BCUT2D eigenvalue weighted by atomic mass is 35.5. The summed E-state index contributed by atoms with van der Waals surface area (Å²) in [6, 6.07) is 10.7. The van der Waals surface area contributed by atoms with Crippen molar-refractivity contribution in [3.63, 3.8) is 0 Å². The smallest absolute Gasteiger partial charge is 0.243 e. The number of hydrogen-bond acceptors (Lipinski definition) is 4. The van der Waals surface area contributed by atoms with Gasteiger partial charge in [0.25, 0.3) is 0 Å². The molecule has 4 rings (SSSR count). The average molecular weight is 448 g/mol. The van der Waals surface area contributed by atoms with E-state index in [1.165, 1.54) is 4.31 Å². The maximum atomic E-state index is 13.3. The van der Waals surface area contributed by atoms with Crippen molar-refractivity contribution in [2.75, 3.05) is 36.4 Å². The number of benzene rings is 2. The van der Waals surface area contributed by atoms with Crippen LogP contribution in [0.15, 0.2) is 41.3 Å². The Labute approximate surface area is 182 Å². The monoisotopic (exact) mass is 447 g/mol. The Hall–Kier alpha value is -2.09. The summed E-state index contributed by atoms with van der Waals surface area (Å²) < 4.78 is 28.1. The van der Waals surface area contributed by atoms with E-state index in [4.69, 9.17) is 11.6 Å². The average Bonchev–Trinajstić information content (AvgIpc) is 3.05. The van der Waals surface area contributed by atoms with E-state index in [0.717, 1.165) is 16.8 Å². The predicted octanol–water partition coefficient (Wildman–Crippen LogP) is 3.85. The zero-order valence-corrected chi connectivity index (χ0v) is 18.9. The minimum atomic E-state index is -3.63. The number of hydrogen-bond donors (Lipinski definition) is 1. The molecular weight excluding hydrogens is 422 g/mol. The molecule has 2 aliphatic rings. The highest BCUT2D eigenvalue weighted by Crippen LogP contribution is 2.39. The van der Waals surface area contributed by atoms with Gasteiger partial charge in [0.2, 0.25) is 15.9 Å². The Balaban J connectivity index is 1.55. The van der Waals surface area contributed by atoms with E-state index in [1.807, 2.05) is 39.0 Å². The van der Waals surface area contributed by atoms with Crippen molar-refractivity contribution in [2.24, 2.45) is 5.92 Å². The maximum Gasteiger partial charge on any atom is 0.243 e. The molecule has 1 saturated heterocycles. The van der Waals surface area contributed by atoms with Gasteiger partial charge in [0.05, 0.1) is 10.8 Å². The van der Waals surface area contributed by atoms with Crippen LogP contribution < -0.4 is 10.2 Å². The number of halogens is 1. The predicted molar refractivity (Wildman–Crippen MR) is 120 cm³/mol. The molecule has 6 nitrogen and oxygen atoms in total. The molecule has 30 heavy (non-hydrogen) atoms. The van der Waals surface area contributed by atoms with Crippen LogP contribution in [0.5, 0.6) is 0 Å². The maximum absolute atomic E-state index is 13.3. The summed E-state index contributed by atoms with van der Waals surface area (Å²) in [5, 5.41) is 3.53. The molecule has 160 valence electrons. The van der Waals surface area contributed by atoms with Crippen molar-refractivity contribution in [1.29, 1.82) is 0 Å². The van der Waals surface area contributed by atoms with Crippen LogP contribution in [-0.2, 0) is 14.8 Å². The van der Waals surface area contributed by atoms with Crippen LogP contribution in [0.1, 0.15) is 30.9 Å². The lowest BCUT2D eigenvalue weighted by molar-refractivity contribution is -0.117. The van der Waals surface area contributed by atoms with E-state index in [2.05, 4.69) is 10.2 Å². The highest BCUT2D eigenvalue weighted by molar-refractivity contribution is 7.89. The third-order valence-electron chi connectivity index (χ3n) is 5.95. The summed E-state index contributed by atoms with van der Waals surface area (Å²) in [6.07, 6.45) is 0. The summed E-state index contributed by atoms with van der Waals surface area (Å²) in [5.74, 6) is -0.299. The molecule has 1 fully saturated rings. The molecule has 2 heterocycles. The lowest BCUT2D eigenvalue weighted by Gasteiger charge is -2.36. The van der Waals surface area contributed by atoms with E-state index >= 15 is 0 Å². The molecule has 0 saturated carbocycles. The summed E-state index contributed by atoms with van der Waals surface area (Å²) in [5.41, 5.74) is 3.64. The second kappa shape index (κ2) is 7.87. The number of aryl methyl sites for hydroxylation is 1. The zero-order valence-electron chi connectivity index (χ0n) is 17.4. The first-order valence-electron chi connectivity index (χ1n) is 10.1. The van der Waals surface area contributed by atoms with E-state index in [1.54, 1.807) is 18.2 Å². The fraction of sp³-hybridized carbons (Fsp3) is 0.409. The number of fused-ring (bicyclic) bond motifs is 1. The molecule has 2 aliphatic heterocycles. The van der Waals surface area contributed by atoms with Crippen molar-refractivity contribution < 1.29 is 13.2 Å². The molecule has 0 unspecified atom stereocenters. The first-order chi connectivity index (χ1) is 14.2. The first kappa shape index (κ1) is 21.2. The summed E-state index contributed by atoms with van der Waals surface area (Å²) in [7, 11) is -3.63. The van der Waals surface area contributed by atoms with Crippen LogP contribution in [0.25, 0.3) is 0 Å². The third-order valence-corrected chi connectivity index (χ3v) is 8.08. The lowest BCUT2D eigenvalue weighted by atomic mass is 9.90. The van der Waals surface area contributed by atoms with Crippen molar-refractivity contribution in [1.82, 2.24) is 4.31 Å². The fourth-order valence-electron chi connectivity index (χ4n) is 4.33. The normalized spacial score (nSPS) is 19.8. The number of amides is 1. The van der Waals surface area contributed by atoms with Crippen LogP contribution in [0.3, 0.4) is 0 Å². The van der Waals surface area contributed by atoms with Gasteiger partial charge in [-0.15, -0.1) is 0 Å². The Bertz CT molecular complexity index is 1090. The number of sulfonamides is 1. The van der Waals surface area contributed by atoms with Crippen molar-refractivity contribution in [3.05, 3.63) is 52.5 Å². The summed E-state index contributed by atoms with van der Waals surface area (Å²) >= 11 is 6.15. The van der Waals surface area contributed by atoms with E-state index in [-0.39, 0.29) is 22.6 Å². The molecule has 1 amide bonds. The molecule has 2 aromatic rings. The number of rotatable bonds is 4. The molecule has 0 aliphatic carbocycles. The number of piperazine rings is 1. The first-order valence-corrected chi connectivity index (χ1v) is 12.0. The second-order valence-corrected chi connectivity index (χ2v) is 10.7. The molecule has 0 spiro atoms. The quantitative estimate of drug-likeness (QED) is 0.772. The van der Waals surface area contributed by atoms with Crippen LogP contribution in [0, 0.1) is 12.8 Å². The molecule has 0 bridgehead atoms. The number of nitrogens with zero attached hydrogens (tertiary/aromatic N) is 2. The largest absolute Gasteiger partial charge is 0.369 e. The van der Waals surface area contributed by atoms with Gasteiger partial charge in [0.15, 0.2) is 0 Å². The SMILES string of the molecule is Cc1ccc(Cl)cc1N1CCN(S(=O)(=O)c2ccc3c(c2)[C@@H](C(C)C)C(=O)N3)CC1. The number of nitrogens with one attached hydrogen (secondary N) is 1. The van der Waals surface area contributed by atoms with Gasteiger partial charge >= 0.3 is 0 Å². The molecular formula is C22H26ClN3O3S. The van der Waals surface area contributed by atoms with Gasteiger partial charge in [-0.25, -0.2) is 8.42 Å². The van der Waals surface area contributed by atoms with Gasteiger partial charge in [-0.2, -0.15) is 4.31 Å². The summed E-state index contributed by atoms with van der Waals surface area (Å²) in [6.45, 7) is 7.96. The molecule has 2 aromatic carbocycles. The number of carbonyl (C=O) groups is 1. The molecule has 0 aromatic heterocycles. The Morgan fingerprint density at radius 2 is 1.77 bits per heavy atom. The van der Waals surface area contributed by atoms with Gasteiger partial charge in [-0.1, -0.05) is 31.5 Å². The Morgan fingerprint density at radius 1 is 1.07 bits per heavy atom. The van der Waals surface area contributed by atoms with Crippen LogP contribution >= 0.6 is 11.6 Å². The summed E-state index contributed by atoms with van der Waals surface area (Å²) in [4.78, 5) is 14.7. The van der Waals surface area contributed by atoms with Gasteiger partial charge in [-0.05, 0) is 54.3 Å². The van der Waals surface area contributed by atoms with Crippen LogP contribution in [-0.4, -0.2) is 44.8 Å². The lowest BCUT2D eigenvalue weighted by Crippen LogP contribution is -2.48. The fourth-order valence-corrected chi connectivity index (χ4v) is 5.95. The van der Waals surface area contributed by atoms with Gasteiger partial charge in [-0.3, -0.25) is 4.79 Å². The minimum Gasteiger partial charge on any atom is -0.369 e. The molecule has 8 heteroatoms. The molecule has 0 radical (unpaired) electrons. The number of anilines is 2. The van der Waals surface area contributed by atoms with Gasteiger partial charge in [0, 0.05) is 42.6 Å². The second-order valence-electron chi connectivity index (χ2n) is 8.28. The Kier molecular flexibility index (Phi) is 5.55. The minimum absolute atomic E-state index is 0.0694. The third kappa shape index (κ3) is 3.70. The van der Waals surface area contributed by atoms with Crippen molar-refractivity contribution in [3.8, 4) is 0 Å². The standard InChI is InChI=1S/C22H26ClN3O3S/c1-14(2)21-18-13-17(6-7-19(18)24-22(21)27)30(28,29)26-10-8-25(9-11-26)20-12-16(23)5-4-15(20)3/h4-7,12-14,21H,8-11H2,1-3H3,(H,24,27)/t21-/m1/s1. The highest BCUT2D eigenvalue weighted by Gasteiger charge is 2.35. The number of carbonyl (C=O) groups excluding carboxylic acids is 1.